The van der Waals surface area contributed by atoms with Crippen LogP contribution < -0.4 is 5.32 Å². The molecule has 1 atom stereocenters. The van der Waals surface area contributed by atoms with Gasteiger partial charge in [-0.05, 0) is 25.9 Å². The summed E-state index contributed by atoms with van der Waals surface area (Å²) in [7, 11) is -6.40. The highest BCUT2D eigenvalue weighted by Crippen LogP contribution is 2.38. The summed E-state index contributed by atoms with van der Waals surface area (Å²) in [6, 6.07) is 0. The first-order chi connectivity index (χ1) is 9.37. The molecule has 1 unspecified atom stereocenters. The number of piperidine rings is 1. The van der Waals surface area contributed by atoms with Crippen LogP contribution in [0.15, 0.2) is 0 Å². The Morgan fingerprint density at radius 2 is 1.67 bits per heavy atom. The van der Waals surface area contributed by atoms with E-state index in [1.54, 1.807) is 0 Å². The fraction of sp³-hybridized carbons (Fsp3) is 0.889. The first-order valence-corrected chi connectivity index (χ1v) is 7.14. The number of hydrogen-bond donors (Lipinski definition) is 2. The fourth-order valence-corrected chi connectivity index (χ4v) is 2.18. The van der Waals surface area contributed by atoms with Crippen molar-refractivity contribution in [2.75, 3.05) is 13.1 Å². The minimum absolute atomic E-state index is 0.0703. The van der Waals surface area contributed by atoms with E-state index in [1.165, 1.54) is 0 Å². The molecule has 1 fully saturated rings. The van der Waals surface area contributed by atoms with Crippen LogP contribution in [0.5, 0.6) is 0 Å². The summed E-state index contributed by atoms with van der Waals surface area (Å²) >= 11 is 0. The summed E-state index contributed by atoms with van der Waals surface area (Å²) in [5, 5.41) is -2.89. The van der Waals surface area contributed by atoms with Crippen molar-refractivity contribution in [1.29, 1.82) is 0 Å². The van der Waals surface area contributed by atoms with Gasteiger partial charge in [-0.15, -0.1) is 0 Å². The summed E-state index contributed by atoms with van der Waals surface area (Å²) in [5.41, 5.74) is 0. The molecule has 0 spiro atoms. The Labute approximate surface area is 116 Å². The van der Waals surface area contributed by atoms with E-state index in [0.717, 1.165) is 0 Å². The molecule has 1 aliphatic rings. The third-order valence-electron chi connectivity index (χ3n) is 2.85. The standard InChI is InChI=1S/C9H12F5NO5S/c10-8(11,12)7(9(13,14)21(17,18)19)20-6(16)5-1-3-15-4-2-5/h5,7,15H,1-4H2,(H,17,18,19). The number of esters is 1. The highest BCUT2D eigenvalue weighted by atomic mass is 32.2. The van der Waals surface area contributed by atoms with Crippen LogP contribution in [0.25, 0.3) is 0 Å². The smallest absolute Gasteiger partial charge is 0.432 e. The highest BCUT2D eigenvalue weighted by Gasteiger charge is 2.66. The van der Waals surface area contributed by atoms with Crippen molar-refractivity contribution in [3.63, 3.8) is 0 Å². The summed E-state index contributed by atoms with van der Waals surface area (Å²) in [6.07, 6.45) is -9.98. The molecule has 2 N–H and O–H groups in total. The zero-order valence-corrected chi connectivity index (χ0v) is 11.2. The maximum Gasteiger partial charge on any atom is 0.432 e. The molecule has 0 radical (unpaired) electrons. The largest absolute Gasteiger partial charge is 0.444 e. The van der Waals surface area contributed by atoms with Crippen LogP contribution >= 0.6 is 0 Å². The van der Waals surface area contributed by atoms with Gasteiger partial charge in [0, 0.05) is 0 Å². The van der Waals surface area contributed by atoms with Crippen molar-refractivity contribution in [3.8, 4) is 0 Å². The van der Waals surface area contributed by atoms with Crippen molar-refractivity contribution in [3.05, 3.63) is 0 Å². The predicted octanol–water partition coefficient (Wildman–Crippen LogP) is 0.941. The van der Waals surface area contributed by atoms with Gasteiger partial charge in [0.05, 0.1) is 5.92 Å². The number of nitrogens with one attached hydrogen (secondary N) is 1. The first kappa shape index (κ1) is 18.0. The van der Waals surface area contributed by atoms with Gasteiger partial charge < -0.3 is 10.1 Å². The number of hydrogen-bond acceptors (Lipinski definition) is 5. The Bertz CT molecular complexity index is 485. The van der Waals surface area contributed by atoms with E-state index in [-0.39, 0.29) is 25.9 Å². The van der Waals surface area contributed by atoms with Gasteiger partial charge in [0.1, 0.15) is 0 Å². The number of alkyl halides is 5. The molecule has 0 aromatic rings. The molecule has 1 rings (SSSR count). The number of ether oxygens (including phenoxy) is 1. The zero-order chi connectivity index (χ0) is 16.5. The number of rotatable bonds is 4. The molecule has 21 heavy (non-hydrogen) atoms. The third-order valence-corrected chi connectivity index (χ3v) is 3.75. The average Bonchev–Trinajstić information content (AvgIpc) is 2.33. The van der Waals surface area contributed by atoms with Gasteiger partial charge in [-0.2, -0.15) is 30.4 Å². The monoisotopic (exact) mass is 341 g/mol. The molecular weight excluding hydrogens is 329 g/mol. The summed E-state index contributed by atoms with van der Waals surface area (Å²) in [4.78, 5) is 11.5. The van der Waals surface area contributed by atoms with Gasteiger partial charge in [0.2, 0.25) is 0 Å². The second kappa shape index (κ2) is 6.01. The lowest BCUT2D eigenvalue weighted by Crippen LogP contribution is -2.53. The van der Waals surface area contributed by atoms with Crippen LogP contribution in [-0.4, -0.2) is 49.6 Å². The SMILES string of the molecule is O=C(OC(C(F)(F)F)C(F)(F)S(=O)(=O)O)C1CCNCC1. The molecule has 6 nitrogen and oxygen atoms in total. The lowest BCUT2D eigenvalue weighted by atomic mass is 9.98. The van der Waals surface area contributed by atoms with Crippen molar-refractivity contribution in [2.45, 2.75) is 30.4 Å². The van der Waals surface area contributed by atoms with Crippen LogP contribution in [-0.2, 0) is 19.6 Å². The second-order valence-corrected chi connectivity index (χ2v) is 5.91. The number of carbonyl (C=O) groups is 1. The number of carbonyl (C=O) groups excluding carboxylic acids is 1. The van der Waals surface area contributed by atoms with E-state index in [9.17, 15) is 35.2 Å². The molecule has 0 bridgehead atoms. The van der Waals surface area contributed by atoms with Gasteiger partial charge in [0.25, 0.3) is 6.10 Å². The lowest BCUT2D eigenvalue weighted by molar-refractivity contribution is -0.260. The molecule has 1 aliphatic heterocycles. The normalized spacial score (nSPS) is 20.1. The second-order valence-electron chi connectivity index (χ2n) is 4.42. The summed E-state index contributed by atoms with van der Waals surface area (Å²) < 4.78 is 96.6. The third kappa shape index (κ3) is 4.23. The average molecular weight is 341 g/mol. The van der Waals surface area contributed by atoms with E-state index >= 15 is 0 Å². The highest BCUT2D eigenvalue weighted by molar-refractivity contribution is 7.86. The maximum absolute atomic E-state index is 13.2. The molecule has 12 heteroatoms. The van der Waals surface area contributed by atoms with E-state index in [4.69, 9.17) is 4.55 Å². The van der Waals surface area contributed by atoms with Crippen molar-refractivity contribution >= 4 is 16.1 Å². The van der Waals surface area contributed by atoms with Crippen LogP contribution in [0, 0.1) is 5.92 Å². The van der Waals surface area contributed by atoms with E-state index in [2.05, 4.69) is 10.1 Å². The minimum atomic E-state index is -6.40. The van der Waals surface area contributed by atoms with Crippen molar-refractivity contribution in [2.24, 2.45) is 5.92 Å². The van der Waals surface area contributed by atoms with Gasteiger partial charge in [-0.1, -0.05) is 0 Å². The molecule has 1 saturated heterocycles. The van der Waals surface area contributed by atoms with Gasteiger partial charge in [0.15, 0.2) is 0 Å². The Morgan fingerprint density at radius 1 is 1.19 bits per heavy atom. The number of halogens is 5. The van der Waals surface area contributed by atoms with Crippen molar-refractivity contribution < 1.29 is 44.5 Å². The summed E-state index contributed by atoms with van der Waals surface area (Å²) in [5.74, 6) is -2.63. The van der Waals surface area contributed by atoms with Gasteiger partial charge >= 0.3 is 27.5 Å². The Morgan fingerprint density at radius 3 is 2.05 bits per heavy atom. The molecule has 124 valence electrons. The predicted molar refractivity (Wildman–Crippen MR) is 58.0 cm³/mol. The molecular formula is C9H12F5NO5S. The first-order valence-electron chi connectivity index (χ1n) is 5.70. The summed E-state index contributed by atoms with van der Waals surface area (Å²) in [6.45, 7) is 0.566. The van der Waals surface area contributed by atoms with Gasteiger partial charge in [-0.3, -0.25) is 9.35 Å². The van der Waals surface area contributed by atoms with Crippen LogP contribution in [0.3, 0.4) is 0 Å². The lowest BCUT2D eigenvalue weighted by Gasteiger charge is -2.28. The van der Waals surface area contributed by atoms with Crippen LogP contribution in [0.4, 0.5) is 22.0 Å². The van der Waals surface area contributed by atoms with Crippen LogP contribution in [0.2, 0.25) is 0 Å². The Balaban J connectivity index is 2.97. The minimum Gasteiger partial charge on any atom is -0.444 e. The van der Waals surface area contributed by atoms with Gasteiger partial charge in [-0.25, -0.2) is 0 Å². The Kier molecular flexibility index (Phi) is 5.16. The van der Waals surface area contributed by atoms with E-state index in [1.807, 2.05) is 0 Å². The molecule has 0 aromatic heterocycles. The van der Waals surface area contributed by atoms with Crippen molar-refractivity contribution in [1.82, 2.24) is 5.32 Å². The Hall–Kier alpha value is -1.01. The molecule has 1 heterocycles. The quantitative estimate of drug-likeness (QED) is 0.449. The van der Waals surface area contributed by atoms with E-state index in [0.29, 0.717) is 0 Å². The molecule has 0 aliphatic carbocycles. The fourth-order valence-electron chi connectivity index (χ4n) is 1.73. The maximum atomic E-state index is 13.2. The topological polar surface area (TPSA) is 92.7 Å². The van der Waals surface area contributed by atoms with Crippen LogP contribution in [0.1, 0.15) is 12.8 Å². The molecule has 0 aromatic carbocycles. The van der Waals surface area contributed by atoms with E-state index < -0.39 is 39.5 Å². The molecule has 0 amide bonds. The molecule has 0 saturated carbocycles. The zero-order valence-electron chi connectivity index (χ0n) is 10.4.